The number of hydrogen-bond acceptors (Lipinski definition) is 2. The van der Waals surface area contributed by atoms with Gasteiger partial charge in [-0.05, 0) is 0 Å². The van der Waals surface area contributed by atoms with Gasteiger partial charge in [-0.25, -0.2) is 0 Å². The zero-order valence-electron chi connectivity index (χ0n) is 3.30. The van der Waals surface area contributed by atoms with Crippen LogP contribution in [0, 0.1) is 0 Å². The van der Waals surface area contributed by atoms with E-state index in [1.54, 1.807) is 0 Å². The molecule has 1 N–H and O–H groups in total. The summed E-state index contributed by atoms with van der Waals surface area (Å²) in [6.45, 7) is -0.433. The van der Waals surface area contributed by atoms with Crippen molar-refractivity contribution in [2.24, 2.45) is 0 Å². The maximum absolute atomic E-state index is 7.85. The molecule has 0 aromatic heterocycles. The zero-order valence-corrected chi connectivity index (χ0v) is 7.75. The third-order valence-corrected chi connectivity index (χ3v) is 0.453. The summed E-state index contributed by atoms with van der Waals surface area (Å²) in [4.78, 5) is 0. The molecule has 0 spiro atoms. The van der Waals surface area contributed by atoms with Gasteiger partial charge >= 0.3 is 0 Å². The SMILES string of the molecule is OCOC(Cl)Cl.[W]. The van der Waals surface area contributed by atoms with Crippen LogP contribution in [0.2, 0.25) is 0 Å². The maximum atomic E-state index is 7.85. The normalized spacial score (nSPS) is 8.57. The van der Waals surface area contributed by atoms with Crippen molar-refractivity contribution in [3.8, 4) is 0 Å². The zero-order chi connectivity index (χ0) is 4.99. The summed E-state index contributed by atoms with van der Waals surface area (Å²) in [6, 6.07) is 0. The van der Waals surface area contributed by atoms with E-state index >= 15 is 0 Å². The first-order valence-electron chi connectivity index (χ1n) is 1.28. The first-order chi connectivity index (χ1) is 2.77. The van der Waals surface area contributed by atoms with Gasteiger partial charge in [0.05, 0.1) is 0 Å². The molecule has 0 atom stereocenters. The van der Waals surface area contributed by atoms with Crippen LogP contribution in [-0.2, 0) is 25.8 Å². The molecule has 0 rings (SSSR count). The van der Waals surface area contributed by atoms with Crippen LogP contribution in [0.25, 0.3) is 0 Å². The standard InChI is InChI=1S/C2H4Cl2O2.W/c3-2(4)6-1-5;/h2,5H,1H2;. The van der Waals surface area contributed by atoms with Crippen LogP contribution in [0.3, 0.4) is 0 Å². The molecule has 0 aliphatic carbocycles. The van der Waals surface area contributed by atoms with Crippen LogP contribution in [0.15, 0.2) is 0 Å². The van der Waals surface area contributed by atoms with Gasteiger partial charge in [0.2, 0.25) is 5.02 Å². The molecule has 0 aromatic carbocycles. The monoisotopic (exact) mass is 314 g/mol. The molecule has 0 aliphatic heterocycles. The molecule has 7 heavy (non-hydrogen) atoms. The van der Waals surface area contributed by atoms with Gasteiger partial charge < -0.3 is 9.84 Å². The van der Waals surface area contributed by atoms with E-state index in [1.165, 1.54) is 0 Å². The van der Waals surface area contributed by atoms with Crippen molar-refractivity contribution in [3.63, 3.8) is 0 Å². The Morgan fingerprint density at radius 3 is 2.00 bits per heavy atom. The van der Waals surface area contributed by atoms with Crippen LogP contribution < -0.4 is 0 Å². The molecule has 2 nitrogen and oxygen atoms in total. The largest absolute Gasteiger partial charge is 0.371 e. The first-order valence-corrected chi connectivity index (χ1v) is 2.15. The second-order valence-electron chi connectivity index (χ2n) is 0.556. The number of halogens is 2. The molecule has 0 saturated carbocycles. The summed E-state index contributed by atoms with van der Waals surface area (Å²) in [5.74, 6) is 0. The van der Waals surface area contributed by atoms with Crippen molar-refractivity contribution in [2.75, 3.05) is 6.79 Å². The minimum Gasteiger partial charge on any atom is -0.371 e. The fraction of sp³-hybridized carbons (Fsp3) is 1.00. The van der Waals surface area contributed by atoms with E-state index in [0.717, 1.165) is 0 Å². The molecular formula is C2H4Cl2O2W. The molecule has 0 radical (unpaired) electrons. The molecule has 0 aromatic rings. The molecule has 0 bridgehead atoms. The first kappa shape index (κ1) is 11.0. The van der Waals surface area contributed by atoms with Gasteiger partial charge in [-0.1, -0.05) is 23.2 Å². The Morgan fingerprint density at radius 2 is 2.00 bits per heavy atom. The van der Waals surface area contributed by atoms with E-state index in [-0.39, 0.29) is 21.1 Å². The van der Waals surface area contributed by atoms with Crippen molar-refractivity contribution in [1.29, 1.82) is 0 Å². The Kier molecular flexibility index (Phi) is 11.3. The van der Waals surface area contributed by atoms with Crippen LogP contribution in [0.1, 0.15) is 0 Å². The molecule has 0 saturated heterocycles. The number of hydrogen-bond donors (Lipinski definition) is 1. The molecule has 0 amide bonds. The van der Waals surface area contributed by atoms with Crippen LogP contribution in [-0.4, -0.2) is 16.9 Å². The number of ether oxygens (including phenoxy) is 1. The summed E-state index contributed by atoms with van der Waals surface area (Å²) in [6.07, 6.45) is 0. The van der Waals surface area contributed by atoms with Gasteiger partial charge in [0.1, 0.15) is 6.79 Å². The summed E-state index contributed by atoms with van der Waals surface area (Å²) >= 11 is 9.92. The van der Waals surface area contributed by atoms with Crippen LogP contribution in [0.4, 0.5) is 0 Å². The Labute approximate surface area is 66.0 Å². The van der Waals surface area contributed by atoms with E-state index in [9.17, 15) is 0 Å². The van der Waals surface area contributed by atoms with E-state index in [4.69, 9.17) is 28.3 Å². The summed E-state index contributed by atoms with van der Waals surface area (Å²) < 4.78 is 4.13. The Bertz CT molecular complexity index is 34.9. The van der Waals surface area contributed by atoms with Crippen LogP contribution in [0.5, 0.6) is 0 Å². The van der Waals surface area contributed by atoms with Gasteiger partial charge in [0, 0.05) is 21.1 Å². The average Bonchev–Trinajstić information content (AvgIpc) is 1.35. The van der Waals surface area contributed by atoms with E-state index in [2.05, 4.69) is 4.74 Å². The Hall–Kier alpha value is 1.19. The second-order valence-corrected chi connectivity index (χ2v) is 1.57. The van der Waals surface area contributed by atoms with Crippen molar-refractivity contribution < 1.29 is 30.9 Å². The van der Waals surface area contributed by atoms with Gasteiger partial charge in [-0.2, -0.15) is 0 Å². The van der Waals surface area contributed by atoms with Crippen LogP contribution >= 0.6 is 23.2 Å². The Balaban J connectivity index is 0. The molecule has 0 fully saturated rings. The summed E-state index contributed by atoms with van der Waals surface area (Å²) in [5.41, 5.74) is 0. The number of aliphatic hydroxyl groups is 1. The predicted molar refractivity (Wildman–Crippen MR) is 23.7 cm³/mol. The van der Waals surface area contributed by atoms with E-state index in [0.29, 0.717) is 0 Å². The predicted octanol–water partition coefficient (Wildman–Crippen LogP) is 0.712. The molecule has 0 unspecified atom stereocenters. The quantitative estimate of drug-likeness (QED) is 0.601. The summed E-state index contributed by atoms with van der Waals surface area (Å²) in [7, 11) is 0. The summed E-state index contributed by atoms with van der Waals surface area (Å²) in [5, 5.41) is 6.94. The van der Waals surface area contributed by atoms with E-state index in [1.807, 2.05) is 0 Å². The number of rotatable bonds is 2. The fourth-order valence-electron chi connectivity index (χ4n) is 0.0563. The Morgan fingerprint density at radius 1 is 1.57 bits per heavy atom. The van der Waals surface area contributed by atoms with Crippen molar-refractivity contribution in [3.05, 3.63) is 0 Å². The third kappa shape index (κ3) is 11.0. The van der Waals surface area contributed by atoms with Crippen molar-refractivity contribution in [1.82, 2.24) is 0 Å². The fourth-order valence-corrected chi connectivity index (χ4v) is 0.169. The third-order valence-electron chi connectivity index (χ3n) is 0.201. The minimum absolute atomic E-state index is 0. The van der Waals surface area contributed by atoms with E-state index < -0.39 is 11.8 Å². The number of aliphatic hydroxyl groups excluding tert-OH is 1. The smallest absolute Gasteiger partial charge is 0.208 e. The minimum atomic E-state index is -0.907. The molecule has 44 valence electrons. The molecule has 0 aliphatic rings. The van der Waals surface area contributed by atoms with Gasteiger partial charge in [-0.3, -0.25) is 0 Å². The van der Waals surface area contributed by atoms with Gasteiger partial charge in [0.15, 0.2) is 0 Å². The topological polar surface area (TPSA) is 29.5 Å². The second kappa shape index (κ2) is 7.19. The molecule has 5 heteroatoms. The molecular weight excluding hydrogens is 311 g/mol. The molecule has 0 heterocycles. The number of alkyl halides is 2. The van der Waals surface area contributed by atoms with Gasteiger partial charge in [0.25, 0.3) is 0 Å². The van der Waals surface area contributed by atoms with Gasteiger partial charge in [-0.15, -0.1) is 0 Å². The maximum Gasteiger partial charge on any atom is 0.208 e. The van der Waals surface area contributed by atoms with Crippen molar-refractivity contribution >= 4 is 23.2 Å². The van der Waals surface area contributed by atoms with Crippen molar-refractivity contribution in [2.45, 2.75) is 5.02 Å². The average molecular weight is 315 g/mol.